The van der Waals surface area contributed by atoms with Crippen LogP contribution >= 0.6 is 11.3 Å². The van der Waals surface area contributed by atoms with E-state index in [4.69, 9.17) is 4.74 Å². The Morgan fingerprint density at radius 2 is 1.94 bits per heavy atom. The zero-order chi connectivity index (χ0) is 13.2. The van der Waals surface area contributed by atoms with Crippen LogP contribution < -0.4 is 4.74 Å². The molecule has 1 heterocycles. The van der Waals surface area contributed by atoms with Gasteiger partial charge in [0.05, 0.1) is 4.90 Å². The van der Waals surface area contributed by atoms with Crippen LogP contribution in [0.1, 0.15) is 12.5 Å². The van der Waals surface area contributed by atoms with Crippen molar-refractivity contribution in [2.24, 2.45) is 0 Å². The second kappa shape index (κ2) is 5.12. The molecule has 1 aromatic carbocycles. The standard InChI is InChI=1S/C13H14O3S2/c1-10-5-3-4-6-13(10)18(14,15)11(2)16-12-7-8-17-9-12/h3-9,11H,1-2H3. The Morgan fingerprint density at radius 1 is 1.22 bits per heavy atom. The van der Waals surface area contributed by atoms with Gasteiger partial charge in [0.25, 0.3) is 0 Å². The Balaban J connectivity index is 2.29. The van der Waals surface area contributed by atoms with Crippen LogP contribution in [0.5, 0.6) is 5.75 Å². The largest absolute Gasteiger partial charge is 0.474 e. The van der Waals surface area contributed by atoms with Gasteiger partial charge < -0.3 is 4.74 Å². The van der Waals surface area contributed by atoms with E-state index in [0.29, 0.717) is 10.6 Å². The zero-order valence-corrected chi connectivity index (χ0v) is 11.8. The molecule has 0 aliphatic carbocycles. The maximum absolute atomic E-state index is 12.4. The average Bonchev–Trinajstić information content (AvgIpc) is 2.82. The van der Waals surface area contributed by atoms with Crippen molar-refractivity contribution in [3.8, 4) is 5.75 Å². The topological polar surface area (TPSA) is 43.4 Å². The van der Waals surface area contributed by atoms with Gasteiger partial charge in [-0.05, 0) is 36.9 Å². The van der Waals surface area contributed by atoms with Crippen molar-refractivity contribution in [3.05, 3.63) is 46.7 Å². The molecule has 0 bridgehead atoms. The number of ether oxygens (including phenoxy) is 1. The first kappa shape index (κ1) is 13.1. The highest BCUT2D eigenvalue weighted by molar-refractivity contribution is 7.92. The third-order valence-corrected chi connectivity index (χ3v) is 5.34. The van der Waals surface area contributed by atoms with E-state index in [1.54, 1.807) is 43.5 Å². The summed E-state index contributed by atoms with van der Waals surface area (Å²) in [6.07, 6.45) is 0. The summed E-state index contributed by atoms with van der Waals surface area (Å²) in [7, 11) is -3.46. The molecule has 0 saturated heterocycles. The summed E-state index contributed by atoms with van der Waals surface area (Å²) in [4.78, 5) is 0.327. The van der Waals surface area contributed by atoms with Gasteiger partial charge in [0, 0.05) is 5.38 Å². The summed E-state index contributed by atoms with van der Waals surface area (Å²) in [5, 5.41) is 3.63. The number of benzene rings is 1. The molecule has 1 atom stereocenters. The molecule has 2 rings (SSSR count). The van der Waals surface area contributed by atoms with Crippen molar-refractivity contribution in [2.45, 2.75) is 24.2 Å². The smallest absolute Gasteiger partial charge is 0.216 e. The predicted octanol–water partition coefficient (Wildman–Crippen LogP) is 3.26. The summed E-state index contributed by atoms with van der Waals surface area (Å²) in [6, 6.07) is 8.69. The van der Waals surface area contributed by atoms with Gasteiger partial charge in [-0.2, -0.15) is 0 Å². The molecule has 0 saturated carbocycles. The lowest BCUT2D eigenvalue weighted by atomic mass is 10.2. The van der Waals surface area contributed by atoms with E-state index in [1.165, 1.54) is 11.3 Å². The average molecular weight is 282 g/mol. The quantitative estimate of drug-likeness (QED) is 0.864. The minimum atomic E-state index is -3.46. The molecule has 18 heavy (non-hydrogen) atoms. The molecule has 0 radical (unpaired) electrons. The second-order valence-electron chi connectivity index (χ2n) is 3.96. The van der Waals surface area contributed by atoms with Gasteiger partial charge in [0.2, 0.25) is 15.3 Å². The van der Waals surface area contributed by atoms with Crippen LogP contribution in [-0.2, 0) is 9.84 Å². The first-order valence-electron chi connectivity index (χ1n) is 5.50. The number of thiophene rings is 1. The van der Waals surface area contributed by atoms with Gasteiger partial charge in [-0.25, -0.2) is 8.42 Å². The number of hydrogen-bond acceptors (Lipinski definition) is 4. The molecule has 96 valence electrons. The van der Waals surface area contributed by atoms with E-state index in [2.05, 4.69) is 0 Å². The third-order valence-electron chi connectivity index (χ3n) is 2.63. The fourth-order valence-corrected chi connectivity index (χ4v) is 3.57. The predicted molar refractivity (Wildman–Crippen MR) is 72.8 cm³/mol. The SMILES string of the molecule is Cc1ccccc1S(=O)(=O)C(C)Oc1ccsc1. The monoisotopic (exact) mass is 282 g/mol. The fourth-order valence-electron chi connectivity index (χ4n) is 1.63. The van der Waals surface area contributed by atoms with Crippen molar-refractivity contribution < 1.29 is 13.2 Å². The number of rotatable bonds is 4. The van der Waals surface area contributed by atoms with Crippen LogP contribution in [0.3, 0.4) is 0 Å². The van der Waals surface area contributed by atoms with E-state index in [9.17, 15) is 8.42 Å². The van der Waals surface area contributed by atoms with Crippen molar-refractivity contribution >= 4 is 21.2 Å². The lowest BCUT2D eigenvalue weighted by Crippen LogP contribution is -2.24. The third kappa shape index (κ3) is 2.57. The number of sulfone groups is 1. The lowest BCUT2D eigenvalue weighted by Gasteiger charge is -2.15. The van der Waals surface area contributed by atoms with Crippen LogP contribution in [0.25, 0.3) is 0 Å². The normalized spacial score (nSPS) is 13.2. The van der Waals surface area contributed by atoms with Gasteiger partial charge in [-0.3, -0.25) is 0 Å². The number of hydrogen-bond donors (Lipinski definition) is 0. The van der Waals surface area contributed by atoms with Crippen molar-refractivity contribution in [1.29, 1.82) is 0 Å². The van der Waals surface area contributed by atoms with E-state index in [-0.39, 0.29) is 0 Å². The summed E-state index contributed by atoms with van der Waals surface area (Å²) in [5.41, 5.74) is -0.161. The van der Waals surface area contributed by atoms with Gasteiger partial charge in [0.15, 0.2) is 0 Å². The molecule has 1 unspecified atom stereocenters. The minimum Gasteiger partial charge on any atom is -0.474 e. The van der Waals surface area contributed by atoms with E-state index in [1.807, 2.05) is 11.4 Å². The van der Waals surface area contributed by atoms with E-state index < -0.39 is 15.3 Å². The Bertz CT molecular complexity index is 615. The van der Waals surface area contributed by atoms with Crippen LogP contribution in [0.2, 0.25) is 0 Å². The first-order valence-corrected chi connectivity index (χ1v) is 7.99. The highest BCUT2D eigenvalue weighted by Crippen LogP contribution is 2.23. The van der Waals surface area contributed by atoms with Crippen LogP contribution in [-0.4, -0.2) is 13.9 Å². The molecular formula is C13H14O3S2. The molecule has 0 aliphatic rings. The Morgan fingerprint density at radius 3 is 2.56 bits per heavy atom. The van der Waals surface area contributed by atoms with Crippen molar-refractivity contribution in [3.63, 3.8) is 0 Å². The van der Waals surface area contributed by atoms with E-state index >= 15 is 0 Å². The Kier molecular flexibility index (Phi) is 3.73. The highest BCUT2D eigenvalue weighted by atomic mass is 32.2. The maximum atomic E-state index is 12.4. The molecule has 0 N–H and O–H groups in total. The van der Waals surface area contributed by atoms with Gasteiger partial charge in [-0.1, -0.05) is 18.2 Å². The lowest BCUT2D eigenvalue weighted by molar-refractivity contribution is 0.293. The van der Waals surface area contributed by atoms with E-state index in [0.717, 1.165) is 5.56 Å². The molecule has 2 aromatic rings. The Hall–Kier alpha value is -1.33. The molecule has 0 aliphatic heterocycles. The van der Waals surface area contributed by atoms with Gasteiger partial charge in [-0.15, -0.1) is 11.3 Å². The molecule has 0 fully saturated rings. The highest BCUT2D eigenvalue weighted by Gasteiger charge is 2.26. The van der Waals surface area contributed by atoms with Crippen LogP contribution in [0.4, 0.5) is 0 Å². The van der Waals surface area contributed by atoms with Crippen LogP contribution in [0.15, 0.2) is 46.0 Å². The molecule has 0 amide bonds. The van der Waals surface area contributed by atoms with Gasteiger partial charge >= 0.3 is 0 Å². The van der Waals surface area contributed by atoms with Crippen LogP contribution in [0, 0.1) is 6.92 Å². The molecular weight excluding hydrogens is 268 g/mol. The summed E-state index contributed by atoms with van der Waals surface area (Å²) in [5.74, 6) is 0.588. The number of aryl methyl sites for hydroxylation is 1. The van der Waals surface area contributed by atoms with Gasteiger partial charge in [0.1, 0.15) is 5.75 Å². The summed E-state index contributed by atoms with van der Waals surface area (Å²) in [6.45, 7) is 3.34. The Labute approximate surface area is 111 Å². The summed E-state index contributed by atoms with van der Waals surface area (Å²) >= 11 is 1.47. The first-order chi connectivity index (χ1) is 8.51. The molecule has 5 heteroatoms. The second-order valence-corrected chi connectivity index (χ2v) is 6.93. The molecule has 0 spiro atoms. The van der Waals surface area contributed by atoms with Crippen molar-refractivity contribution in [2.75, 3.05) is 0 Å². The fraction of sp³-hybridized carbons (Fsp3) is 0.231. The maximum Gasteiger partial charge on any atom is 0.216 e. The molecule has 3 nitrogen and oxygen atoms in total. The van der Waals surface area contributed by atoms with Crippen molar-refractivity contribution in [1.82, 2.24) is 0 Å². The minimum absolute atomic E-state index is 0.327. The molecule has 1 aromatic heterocycles. The zero-order valence-electron chi connectivity index (χ0n) is 10.2. The summed E-state index contributed by atoms with van der Waals surface area (Å²) < 4.78 is 30.2.